The maximum absolute atomic E-state index is 12.1. The molecule has 0 bridgehead atoms. The number of carbonyl (C=O) groups excluding carboxylic acids is 1. The van der Waals surface area contributed by atoms with Crippen LogP contribution in [0, 0.1) is 0 Å². The largest absolute Gasteiger partial charge is 0.342 e. The fraction of sp³-hybridized carbons (Fsp3) is 0.929. The van der Waals surface area contributed by atoms with Crippen LogP contribution >= 0.6 is 0 Å². The molecule has 0 spiro atoms. The lowest BCUT2D eigenvalue weighted by molar-refractivity contribution is -0.131. The average Bonchev–Trinajstić information content (AvgIpc) is 2.98. The molecular formula is C14H28N4O3S. The summed E-state index contributed by atoms with van der Waals surface area (Å²) < 4.78 is 24.5. The van der Waals surface area contributed by atoms with Gasteiger partial charge < -0.3 is 9.80 Å². The zero-order chi connectivity index (χ0) is 16.0. The molecule has 2 aliphatic heterocycles. The highest BCUT2D eigenvalue weighted by Gasteiger charge is 2.23. The summed E-state index contributed by atoms with van der Waals surface area (Å²) in [7, 11) is -3.08. The number of amides is 1. The van der Waals surface area contributed by atoms with Crippen molar-refractivity contribution < 1.29 is 13.2 Å². The topological polar surface area (TPSA) is 73.0 Å². The minimum atomic E-state index is -3.08. The van der Waals surface area contributed by atoms with Crippen LogP contribution in [-0.4, -0.2) is 94.2 Å². The van der Waals surface area contributed by atoms with Crippen LogP contribution < -0.4 is 4.72 Å². The predicted molar refractivity (Wildman–Crippen MR) is 86.2 cm³/mol. The van der Waals surface area contributed by atoms with Crippen LogP contribution in [-0.2, 0) is 14.8 Å². The van der Waals surface area contributed by atoms with E-state index >= 15 is 0 Å². The molecule has 7 nitrogen and oxygen atoms in total. The molecule has 8 heteroatoms. The van der Waals surface area contributed by atoms with Gasteiger partial charge in [-0.15, -0.1) is 0 Å². The Bertz CT molecular complexity index is 455. The summed E-state index contributed by atoms with van der Waals surface area (Å²) in [5.41, 5.74) is 0. The first-order valence-corrected chi connectivity index (χ1v) is 10.0. The van der Waals surface area contributed by atoms with E-state index in [0.717, 1.165) is 65.1 Å². The van der Waals surface area contributed by atoms with Crippen molar-refractivity contribution in [3.8, 4) is 0 Å². The van der Waals surface area contributed by atoms with E-state index in [1.165, 1.54) is 6.26 Å². The third-order valence-corrected chi connectivity index (χ3v) is 5.03. The number of hydrogen-bond donors (Lipinski definition) is 1. The molecule has 2 saturated heterocycles. The van der Waals surface area contributed by atoms with Gasteiger partial charge in [-0.05, 0) is 25.8 Å². The van der Waals surface area contributed by atoms with Gasteiger partial charge in [0.15, 0.2) is 0 Å². The van der Waals surface area contributed by atoms with Crippen molar-refractivity contribution in [2.75, 3.05) is 65.2 Å². The summed E-state index contributed by atoms with van der Waals surface area (Å²) in [6.07, 6.45) is 4.28. The highest BCUT2D eigenvalue weighted by atomic mass is 32.2. The maximum Gasteiger partial charge on any atom is 0.236 e. The van der Waals surface area contributed by atoms with Gasteiger partial charge in [0.2, 0.25) is 15.9 Å². The van der Waals surface area contributed by atoms with Crippen molar-refractivity contribution in [1.29, 1.82) is 0 Å². The molecule has 1 amide bonds. The van der Waals surface area contributed by atoms with Crippen LogP contribution in [0.3, 0.4) is 0 Å². The van der Waals surface area contributed by atoms with Crippen molar-refractivity contribution in [2.45, 2.75) is 19.3 Å². The second kappa shape index (κ2) is 8.24. The van der Waals surface area contributed by atoms with Crippen molar-refractivity contribution in [1.82, 2.24) is 19.4 Å². The Morgan fingerprint density at radius 2 is 1.59 bits per heavy atom. The Morgan fingerprint density at radius 3 is 2.18 bits per heavy atom. The lowest BCUT2D eigenvalue weighted by Gasteiger charge is -2.35. The molecule has 2 fully saturated rings. The van der Waals surface area contributed by atoms with Gasteiger partial charge in [0.1, 0.15) is 0 Å². The van der Waals surface area contributed by atoms with Gasteiger partial charge in [-0.2, -0.15) is 0 Å². The SMILES string of the molecule is CS(=O)(=O)NCCCN1CCN(CC(=O)N2CCCC2)CC1. The summed E-state index contributed by atoms with van der Waals surface area (Å²) in [5, 5.41) is 0. The molecule has 0 aliphatic carbocycles. The van der Waals surface area contributed by atoms with Crippen LogP contribution in [0.15, 0.2) is 0 Å². The zero-order valence-electron chi connectivity index (χ0n) is 13.5. The summed E-state index contributed by atoms with van der Waals surface area (Å²) >= 11 is 0. The fourth-order valence-corrected chi connectivity index (χ4v) is 3.50. The Balaban J connectivity index is 1.58. The van der Waals surface area contributed by atoms with Crippen molar-refractivity contribution in [3.63, 3.8) is 0 Å². The summed E-state index contributed by atoms with van der Waals surface area (Å²) in [6, 6.07) is 0. The third kappa shape index (κ3) is 6.20. The van der Waals surface area contributed by atoms with Crippen molar-refractivity contribution in [2.24, 2.45) is 0 Å². The number of nitrogens with one attached hydrogen (secondary N) is 1. The van der Waals surface area contributed by atoms with Crippen LogP contribution in [0.1, 0.15) is 19.3 Å². The first-order chi connectivity index (χ1) is 10.4. The highest BCUT2D eigenvalue weighted by molar-refractivity contribution is 7.88. The Morgan fingerprint density at radius 1 is 1.00 bits per heavy atom. The van der Waals surface area contributed by atoms with Gasteiger partial charge >= 0.3 is 0 Å². The van der Waals surface area contributed by atoms with E-state index in [1.807, 2.05) is 4.90 Å². The molecule has 22 heavy (non-hydrogen) atoms. The lowest BCUT2D eigenvalue weighted by atomic mass is 10.3. The molecule has 2 rings (SSSR count). The van der Waals surface area contributed by atoms with E-state index in [0.29, 0.717) is 13.1 Å². The molecule has 2 heterocycles. The molecule has 0 saturated carbocycles. The quantitative estimate of drug-likeness (QED) is 0.616. The van der Waals surface area contributed by atoms with Crippen LogP contribution in [0.4, 0.5) is 0 Å². The molecule has 0 aromatic carbocycles. The first kappa shape index (κ1) is 17.7. The summed E-state index contributed by atoms with van der Waals surface area (Å²) in [4.78, 5) is 18.6. The van der Waals surface area contributed by atoms with Gasteiger partial charge in [0.25, 0.3) is 0 Å². The van der Waals surface area contributed by atoms with Gasteiger partial charge in [0.05, 0.1) is 12.8 Å². The first-order valence-electron chi connectivity index (χ1n) is 8.11. The van der Waals surface area contributed by atoms with E-state index in [9.17, 15) is 13.2 Å². The Kier molecular flexibility index (Phi) is 6.61. The molecule has 0 aromatic heterocycles. The molecule has 2 aliphatic rings. The smallest absolute Gasteiger partial charge is 0.236 e. The minimum absolute atomic E-state index is 0.267. The average molecular weight is 332 g/mol. The molecule has 0 atom stereocenters. The Hall–Kier alpha value is -0.700. The summed E-state index contributed by atoms with van der Waals surface area (Å²) in [5.74, 6) is 0.267. The number of rotatable bonds is 7. The predicted octanol–water partition coefficient (Wildman–Crippen LogP) is -0.834. The number of carbonyl (C=O) groups is 1. The highest BCUT2D eigenvalue weighted by Crippen LogP contribution is 2.09. The van der Waals surface area contributed by atoms with E-state index in [2.05, 4.69) is 14.5 Å². The Labute approximate surface area is 133 Å². The van der Waals surface area contributed by atoms with Gasteiger partial charge in [-0.25, -0.2) is 13.1 Å². The number of hydrogen-bond acceptors (Lipinski definition) is 5. The molecule has 0 radical (unpaired) electrons. The van der Waals surface area contributed by atoms with Crippen LogP contribution in [0.25, 0.3) is 0 Å². The van der Waals surface area contributed by atoms with E-state index in [4.69, 9.17) is 0 Å². The minimum Gasteiger partial charge on any atom is -0.342 e. The second-order valence-corrected chi connectivity index (χ2v) is 8.06. The molecular weight excluding hydrogens is 304 g/mol. The second-order valence-electron chi connectivity index (χ2n) is 6.23. The van der Waals surface area contributed by atoms with Gasteiger partial charge in [0, 0.05) is 45.8 Å². The van der Waals surface area contributed by atoms with Gasteiger partial charge in [-0.3, -0.25) is 9.69 Å². The number of nitrogens with zero attached hydrogens (tertiary/aromatic N) is 3. The van der Waals surface area contributed by atoms with Crippen LogP contribution in [0.2, 0.25) is 0 Å². The van der Waals surface area contributed by atoms with E-state index in [-0.39, 0.29) is 5.91 Å². The van der Waals surface area contributed by atoms with Crippen molar-refractivity contribution in [3.05, 3.63) is 0 Å². The number of sulfonamides is 1. The third-order valence-electron chi connectivity index (χ3n) is 4.30. The van der Waals surface area contributed by atoms with E-state index < -0.39 is 10.0 Å². The molecule has 1 N–H and O–H groups in total. The zero-order valence-corrected chi connectivity index (χ0v) is 14.3. The van der Waals surface area contributed by atoms with Crippen molar-refractivity contribution >= 4 is 15.9 Å². The number of likely N-dealkylation sites (tertiary alicyclic amines) is 1. The number of piperazine rings is 1. The fourth-order valence-electron chi connectivity index (χ4n) is 2.99. The summed E-state index contributed by atoms with van der Waals surface area (Å²) in [6.45, 7) is 7.52. The van der Waals surface area contributed by atoms with E-state index in [1.54, 1.807) is 0 Å². The molecule has 0 aromatic rings. The lowest BCUT2D eigenvalue weighted by Crippen LogP contribution is -2.50. The monoisotopic (exact) mass is 332 g/mol. The standard InChI is InChI=1S/C14H28N4O3S/c1-22(20,21)15-5-4-6-16-9-11-17(12-10-16)13-14(19)18-7-2-3-8-18/h15H,2-13H2,1H3. The molecule has 0 unspecified atom stereocenters. The van der Waals surface area contributed by atoms with Gasteiger partial charge in [-0.1, -0.05) is 0 Å². The normalized spacial score (nSPS) is 21.4. The molecule has 128 valence electrons. The van der Waals surface area contributed by atoms with Crippen LogP contribution in [0.5, 0.6) is 0 Å². The maximum atomic E-state index is 12.1.